The molecule has 5 aromatic heterocycles. The van der Waals surface area contributed by atoms with Crippen LogP contribution in [0.1, 0.15) is 17.7 Å². The molecule has 0 aliphatic heterocycles. The maximum Gasteiger partial charge on any atom is 0.179 e. The quantitative estimate of drug-likeness (QED) is 0.180. The maximum absolute atomic E-state index is 6.95. The van der Waals surface area contributed by atoms with E-state index in [0.29, 0.717) is 0 Å². The Morgan fingerprint density at radius 3 is 1.56 bits per heavy atom. The Morgan fingerprint density at radius 2 is 0.932 bits per heavy atom. The first-order valence-electron chi connectivity index (χ1n) is 20.3. The molecule has 0 unspecified atom stereocenters. The van der Waals surface area contributed by atoms with E-state index in [9.17, 15) is 0 Å². The molecule has 8 aromatic carbocycles. The van der Waals surface area contributed by atoms with Crippen molar-refractivity contribution in [1.29, 1.82) is 0 Å². The number of rotatable bonds is 3. The number of hydrogen-bond donors (Lipinski definition) is 0. The minimum Gasteiger partial charge on any atom is -0.456 e. The van der Waals surface area contributed by atoms with E-state index in [0.717, 1.165) is 90.6 Å². The van der Waals surface area contributed by atoms with E-state index in [4.69, 9.17) is 13.3 Å². The van der Waals surface area contributed by atoms with Crippen LogP contribution in [0, 0.1) is 0 Å². The number of aromatic nitrogens is 2. The third-order valence-corrected chi connectivity index (χ3v) is 12.8. The van der Waals surface area contributed by atoms with Crippen molar-refractivity contribution in [1.82, 2.24) is 9.13 Å². The summed E-state index contributed by atoms with van der Waals surface area (Å²) in [6.45, 7) is 0. The molecule has 0 bridgehead atoms. The average molecular weight is 757 g/mol. The van der Waals surface area contributed by atoms with Gasteiger partial charge in [-0.25, -0.2) is 0 Å². The zero-order valence-electron chi connectivity index (χ0n) is 31.7. The standard InChI is InChI=1S/C54H32N2O3/c1-6-16-44-34(11-1)35-12-2-7-17-45(35)55(44)32-22-25-50-41(28-32)42-30-39(31-21-24-49-40(27-31)38-15-5-10-20-48(38)57-49)52-43-29-33(23-26-51(43)59-54(52)53(42)58-50)56-46-18-8-3-13-36(46)37-14-4-9-19-47(37)56/h1-4,6-14,16-30H,5,15H2. The van der Waals surface area contributed by atoms with Crippen molar-refractivity contribution >= 4 is 105 Å². The number of furan rings is 3. The molecule has 0 saturated carbocycles. The Labute approximate surface area is 336 Å². The normalized spacial score (nSPS) is 13.2. The molecule has 1 aliphatic carbocycles. The molecule has 0 N–H and O–H groups in total. The Kier molecular flexibility index (Phi) is 6.07. The number of nitrogens with zero attached hydrogens (tertiary/aromatic N) is 2. The first kappa shape index (κ1) is 31.3. The third kappa shape index (κ3) is 4.23. The average Bonchev–Trinajstić information content (AvgIpc) is 4.10. The van der Waals surface area contributed by atoms with Crippen LogP contribution in [0.15, 0.2) is 177 Å². The highest BCUT2D eigenvalue weighted by molar-refractivity contribution is 6.25. The van der Waals surface area contributed by atoms with Crippen molar-refractivity contribution in [2.24, 2.45) is 0 Å². The van der Waals surface area contributed by atoms with Gasteiger partial charge in [-0.1, -0.05) is 84.9 Å². The molecule has 5 heterocycles. The predicted molar refractivity (Wildman–Crippen MR) is 242 cm³/mol. The number of para-hydroxylation sites is 4. The van der Waals surface area contributed by atoms with Gasteiger partial charge in [0.15, 0.2) is 11.2 Å². The van der Waals surface area contributed by atoms with E-state index in [2.05, 4.69) is 179 Å². The van der Waals surface area contributed by atoms with Gasteiger partial charge in [-0.3, -0.25) is 0 Å². The summed E-state index contributed by atoms with van der Waals surface area (Å²) in [6.07, 6.45) is 6.29. The van der Waals surface area contributed by atoms with Crippen LogP contribution in [0.3, 0.4) is 0 Å². The van der Waals surface area contributed by atoms with Gasteiger partial charge in [-0.15, -0.1) is 0 Å². The van der Waals surface area contributed by atoms with Crippen molar-refractivity contribution in [2.45, 2.75) is 12.8 Å². The smallest absolute Gasteiger partial charge is 0.179 e. The lowest BCUT2D eigenvalue weighted by Crippen LogP contribution is -1.93. The lowest BCUT2D eigenvalue weighted by Gasteiger charge is -2.09. The second-order valence-corrected chi connectivity index (χ2v) is 15.9. The lowest BCUT2D eigenvalue weighted by atomic mass is 9.94. The summed E-state index contributed by atoms with van der Waals surface area (Å²) in [5.74, 6) is 0.965. The molecular formula is C54H32N2O3. The minimum absolute atomic E-state index is 0.749. The molecule has 5 heteroatoms. The van der Waals surface area contributed by atoms with Crippen molar-refractivity contribution in [2.75, 3.05) is 0 Å². The molecular weight excluding hydrogens is 725 g/mol. The second-order valence-electron chi connectivity index (χ2n) is 15.9. The van der Waals surface area contributed by atoms with Gasteiger partial charge in [0.25, 0.3) is 0 Å². The molecule has 0 amide bonds. The monoisotopic (exact) mass is 756 g/mol. The van der Waals surface area contributed by atoms with E-state index >= 15 is 0 Å². The zero-order chi connectivity index (χ0) is 38.3. The first-order chi connectivity index (χ1) is 29.2. The van der Waals surface area contributed by atoms with Crippen LogP contribution in [0.4, 0.5) is 0 Å². The summed E-state index contributed by atoms with van der Waals surface area (Å²) in [6, 6.07) is 56.7. The van der Waals surface area contributed by atoms with Gasteiger partial charge < -0.3 is 22.4 Å². The fraction of sp³-hybridized carbons (Fsp3) is 0.0370. The van der Waals surface area contributed by atoms with E-state index in [1.54, 1.807) is 0 Å². The predicted octanol–water partition coefficient (Wildman–Crippen LogP) is 15.1. The van der Waals surface area contributed by atoms with Gasteiger partial charge in [-0.05, 0) is 109 Å². The summed E-state index contributed by atoms with van der Waals surface area (Å²) in [4.78, 5) is 0. The highest BCUT2D eigenvalue weighted by Crippen LogP contribution is 2.47. The fourth-order valence-corrected chi connectivity index (χ4v) is 10.2. The van der Waals surface area contributed by atoms with Gasteiger partial charge in [0, 0.05) is 65.4 Å². The molecule has 0 fully saturated rings. The van der Waals surface area contributed by atoms with Crippen molar-refractivity contribution in [3.8, 4) is 22.5 Å². The third-order valence-electron chi connectivity index (χ3n) is 12.8. The molecule has 5 nitrogen and oxygen atoms in total. The molecule has 276 valence electrons. The van der Waals surface area contributed by atoms with E-state index in [1.165, 1.54) is 54.6 Å². The van der Waals surface area contributed by atoms with Gasteiger partial charge in [0.1, 0.15) is 22.5 Å². The van der Waals surface area contributed by atoms with Crippen molar-refractivity contribution in [3.05, 3.63) is 175 Å². The number of benzene rings is 8. The van der Waals surface area contributed by atoms with Crippen LogP contribution in [-0.2, 0) is 6.42 Å². The first-order valence-corrected chi connectivity index (χ1v) is 20.3. The summed E-state index contributed by atoms with van der Waals surface area (Å²) >= 11 is 0. The topological polar surface area (TPSA) is 49.3 Å². The Balaban J connectivity index is 1.07. The van der Waals surface area contributed by atoms with Gasteiger partial charge in [-0.2, -0.15) is 0 Å². The van der Waals surface area contributed by atoms with Crippen LogP contribution >= 0.6 is 0 Å². The Morgan fingerprint density at radius 1 is 0.407 bits per heavy atom. The van der Waals surface area contributed by atoms with Gasteiger partial charge in [0.2, 0.25) is 0 Å². The van der Waals surface area contributed by atoms with Crippen LogP contribution in [-0.4, -0.2) is 9.13 Å². The summed E-state index contributed by atoms with van der Waals surface area (Å²) in [5, 5.41) is 10.2. The second kappa shape index (κ2) is 11.4. The van der Waals surface area contributed by atoms with E-state index in [-0.39, 0.29) is 0 Å². The number of hydrogen-bond acceptors (Lipinski definition) is 3. The van der Waals surface area contributed by atoms with Crippen molar-refractivity contribution in [3.63, 3.8) is 0 Å². The molecule has 13 aromatic rings. The van der Waals surface area contributed by atoms with Crippen molar-refractivity contribution < 1.29 is 13.3 Å². The zero-order valence-corrected chi connectivity index (χ0v) is 31.7. The number of fused-ring (bicyclic) bond motifs is 16. The lowest BCUT2D eigenvalue weighted by molar-refractivity contribution is 0.595. The van der Waals surface area contributed by atoms with Crippen LogP contribution < -0.4 is 0 Å². The molecule has 0 spiro atoms. The molecule has 0 radical (unpaired) electrons. The number of allylic oxidation sites excluding steroid dienone is 1. The summed E-state index contributed by atoms with van der Waals surface area (Å²) < 4.78 is 24.9. The van der Waals surface area contributed by atoms with Gasteiger partial charge in [0.05, 0.1) is 22.1 Å². The number of aryl methyl sites for hydroxylation is 1. The fourth-order valence-electron chi connectivity index (χ4n) is 10.2. The molecule has 1 aliphatic rings. The van der Waals surface area contributed by atoms with Crippen LogP contribution in [0.25, 0.3) is 127 Å². The SMILES string of the molecule is C1=Cc2oc3ccc(-c4cc5c6cc(-n7c8ccccc8c8ccccc87)ccc6oc5c5oc6ccc(-n7c8ccccc8c8ccccc87)cc6c45)cc3c2CC1. The van der Waals surface area contributed by atoms with Gasteiger partial charge >= 0.3 is 0 Å². The minimum atomic E-state index is 0.749. The molecule has 0 saturated heterocycles. The summed E-state index contributed by atoms with van der Waals surface area (Å²) in [7, 11) is 0. The Bertz CT molecular complexity index is 3870. The largest absolute Gasteiger partial charge is 0.456 e. The summed E-state index contributed by atoms with van der Waals surface area (Å²) in [5.41, 5.74) is 14.4. The van der Waals surface area contributed by atoms with E-state index in [1.807, 2.05) is 0 Å². The highest BCUT2D eigenvalue weighted by atomic mass is 16.4. The van der Waals surface area contributed by atoms with E-state index < -0.39 is 0 Å². The van der Waals surface area contributed by atoms with Crippen LogP contribution in [0.2, 0.25) is 0 Å². The Hall–Kier alpha value is -7.76. The van der Waals surface area contributed by atoms with Crippen LogP contribution in [0.5, 0.6) is 0 Å². The molecule has 14 rings (SSSR count). The highest BCUT2D eigenvalue weighted by Gasteiger charge is 2.24. The molecule has 59 heavy (non-hydrogen) atoms. The maximum atomic E-state index is 6.95. The molecule has 0 atom stereocenters.